The number of hydrogen-bond acceptors (Lipinski definition) is 8. The Morgan fingerprint density at radius 2 is 1.83 bits per heavy atom. The highest BCUT2D eigenvalue weighted by molar-refractivity contribution is 7.18. The van der Waals surface area contributed by atoms with Crippen molar-refractivity contribution in [1.82, 2.24) is 20.1 Å². The number of aliphatic carboxylic acids is 1. The Morgan fingerprint density at radius 1 is 1.11 bits per heavy atom. The number of piperazine rings is 1. The van der Waals surface area contributed by atoms with Crippen molar-refractivity contribution in [2.24, 2.45) is 0 Å². The number of carbonyl (C=O) groups is 2. The Morgan fingerprint density at radius 3 is 2.54 bits per heavy atom. The monoisotopic (exact) mass is 498 g/mol. The number of carbonyl (C=O) groups excluding carboxylic acids is 1. The lowest BCUT2D eigenvalue weighted by molar-refractivity contribution is -0.142. The molecule has 0 spiro atoms. The van der Waals surface area contributed by atoms with E-state index in [0.717, 1.165) is 15.2 Å². The molecular weight excluding hydrogens is 468 g/mol. The Kier molecular flexibility index (Phi) is 8.29. The molecule has 1 saturated heterocycles. The molecule has 1 fully saturated rings. The number of carboxylic acids is 1. The normalized spacial score (nSPS) is 16.6. The molecule has 1 aliphatic heterocycles. The number of carboxylic acid groups (broad SMARTS) is 1. The maximum Gasteiger partial charge on any atom is 0.330 e. The minimum Gasteiger partial charge on any atom is -0.491 e. The van der Waals surface area contributed by atoms with Crippen LogP contribution in [0.3, 0.4) is 0 Å². The van der Waals surface area contributed by atoms with E-state index in [1.54, 1.807) is 41.7 Å². The van der Waals surface area contributed by atoms with E-state index in [4.69, 9.17) is 4.74 Å². The molecule has 2 aromatic carbocycles. The zero-order chi connectivity index (χ0) is 24.8. The first kappa shape index (κ1) is 25.1. The summed E-state index contributed by atoms with van der Waals surface area (Å²) in [4.78, 5) is 32.7. The van der Waals surface area contributed by atoms with Crippen LogP contribution in [0.5, 0.6) is 5.75 Å². The van der Waals surface area contributed by atoms with E-state index in [0.29, 0.717) is 44.0 Å². The second-order valence-electron chi connectivity index (χ2n) is 8.65. The molecule has 1 aromatic heterocycles. The van der Waals surface area contributed by atoms with Gasteiger partial charge in [-0.3, -0.25) is 14.6 Å². The number of hydrogen-bond donors (Lipinski definition) is 3. The number of nitrogens with zero attached hydrogens (tertiary/aromatic N) is 3. The third-order valence-electron chi connectivity index (χ3n) is 5.89. The predicted octanol–water partition coefficient (Wildman–Crippen LogP) is 1.90. The van der Waals surface area contributed by atoms with E-state index in [1.165, 1.54) is 0 Å². The molecule has 2 atom stereocenters. The second-order valence-corrected chi connectivity index (χ2v) is 9.89. The number of aryl methyl sites for hydroxylation is 1. The molecule has 10 heteroatoms. The highest BCUT2D eigenvalue weighted by Crippen LogP contribution is 2.25. The predicted molar refractivity (Wildman–Crippen MR) is 134 cm³/mol. The van der Waals surface area contributed by atoms with Gasteiger partial charge in [-0.2, -0.15) is 0 Å². The summed E-state index contributed by atoms with van der Waals surface area (Å²) in [5.41, 5.74) is 1.44. The van der Waals surface area contributed by atoms with Gasteiger partial charge in [0.05, 0.1) is 21.8 Å². The molecule has 0 saturated carbocycles. The SMILES string of the molecule is Cc1nc2cc(OC[C@@H](O)CN3CCN(CC(=O)N[C@@H](C(=O)O)c4ccccc4)CC3)ccc2s1. The highest BCUT2D eigenvalue weighted by Gasteiger charge is 2.25. The van der Waals surface area contributed by atoms with Gasteiger partial charge < -0.3 is 20.3 Å². The molecule has 0 aliphatic carbocycles. The topological polar surface area (TPSA) is 115 Å². The van der Waals surface area contributed by atoms with E-state index in [9.17, 15) is 19.8 Å². The number of aromatic nitrogens is 1. The van der Waals surface area contributed by atoms with Gasteiger partial charge in [0.1, 0.15) is 18.5 Å². The van der Waals surface area contributed by atoms with Crippen LogP contribution in [0.15, 0.2) is 48.5 Å². The van der Waals surface area contributed by atoms with Gasteiger partial charge in [-0.1, -0.05) is 30.3 Å². The Balaban J connectivity index is 1.18. The summed E-state index contributed by atoms with van der Waals surface area (Å²) in [5.74, 6) is -0.726. The smallest absolute Gasteiger partial charge is 0.330 e. The van der Waals surface area contributed by atoms with Crippen molar-refractivity contribution in [2.75, 3.05) is 45.9 Å². The highest BCUT2D eigenvalue weighted by atomic mass is 32.1. The molecule has 0 radical (unpaired) electrons. The van der Waals surface area contributed by atoms with Gasteiger partial charge in [-0.05, 0) is 24.6 Å². The molecule has 3 N–H and O–H groups in total. The molecule has 1 amide bonds. The van der Waals surface area contributed by atoms with Gasteiger partial charge in [0, 0.05) is 38.8 Å². The number of ether oxygens (including phenoxy) is 1. The number of thiazole rings is 1. The van der Waals surface area contributed by atoms with Gasteiger partial charge >= 0.3 is 5.97 Å². The number of aliphatic hydroxyl groups excluding tert-OH is 1. The van der Waals surface area contributed by atoms with Gasteiger partial charge in [0.25, 0.3) is 0 Å². The molecule has 2 heterocycles. The number of fused-ring (bicyclic) bond motifs is 1. The van der Waals surface area contributed by atoms with Crippen LogP contribution in [0.25, 0.3) is 10.2 Å². The Hall–Kier alpha value is -3.05. The first-order chi connectivity index (χ1) is 16.9. The van der Waals surface area contributed by atoms with Crippen molar-refractivity contribution in [1.29, 1.82) is 0 Å². The van der Waals surface area contributed by atoms with E-state index in [2.05, 4.69) is 15.2 Å². The lowest BCUT2D eigenvalue weighted by atomic mass is 10.1. The number of nitrogens with one attached hydrogen (secondary N) is 1. The standard InChI is InChI=1S/C25H30N4O5S/c1-17-26-21-13-20(7-8-22(21)35-17)34-16-19(30)14-28-9-11-29(12-10-28)15-23(31)27-24(25(32)33)18-5-3-2-4-6-18/h2-8,13,19,24,30H,9-12,14-16H2,1H3,(H,27,31)(H,32,33)/t19-,24+/m0/s1. The molecule has 4 rings (SSSR count). The van der Waals surface area contributed by atoms with Crippen molar-refractivity contribution in [3.8, 4) is 5.75 Å². The molecule has 0 bridgehead atoms. The summed E-state index contributed by atoms with van der Waals surface area (Å²) in [6.45, 7) is 5.49. The fourth-order valence-corrected chi connectivity index (χ4v) is 4.94. The lowest BCUT2D eigenvalue weighted by Gasteiger charge is -2.35. The molecule has 1 aliphatic rings. The van der Waals surface area contributed by atoms with Gasteiger partial charge in [-0.15, -0.1) is 11.3 Å². The molecule has 0 unspecified atom stereocenters. The Labute approximate surface area is 207 Å². The van der Waals surface area contributed by atoms with E-state index in [-0.39, 0.29) is 19.1 Å². The number of aliphatic hydroxyl groups is 1. The zero-order valence-corrected chi connectivity index (χ0v) is 20.4. The third kappa shape index (κ3) is 6.98. The minimum atomic E-state index is -1.09. The quantitative estimate of drug-likeness (QED) is 0.388. The van der Waals surface area contributed by atoms with Crippen LogP contribution in [0.1, 0.15) is 16.6 Å². The number of β-amino-alcohol motifs (C(OH)–C–C–N with tert-alkyl or cyclic N) is 1. The maximum absolute atomic E-state index is 12.5. The molecular formula is C25H30N4O5S. The first-order valence-electron chi connectivity index (χ1n) is 11.6. The molecule has 9 nitrogen and oxygen atoms in total. The average molecular weight is 499 g/mol. The van der Waals surface area contributed by atoms with Gasteiger partial charge in [-0.25, -0.2) is 9.78 Å². The summed E-state index contributed by atoms with van der Waals surface area (Å²) in [6.07, 6.45) is -0.639. The Bertz CT molecular complexity index is 1150. The van der Waals surface area contributed by atoms with Crippen molar-refractivity contribution in [3.05, 3.63) is 59.1 Å². The van der Waals surface area contributed by atoms with Crippen LogP contribution in [0.4, 0.5) is 0 Å². The van der Waals surface area contributed by atoms with Crippen LogP contribution in [-0.4, -0.2) is 88.9 Å². The molecule has 3 aromatic rings. The number of benzene rings is 2. The fraction of sp³-hybridized carbons (Fsp3) is 0.400. The fourth-order valence-electron chi connectivity index (χ4n) is 4.13. The summed E-state index contributed by atoms with van der Waals surface area (Å²) < 4.78 is 6.88. The summed E-state index contributed by atoms with van der Waals surface area (Å²) in [6, 6.07) is 13.4. The van der Waals surface area contributed by atoms with E-state index in [1.807, 2.05) is 30.0 Å². The van der Waals surface area contributed by atoms with E-state index < -0.39 is 18.1 Å². The second kappa shape index (κ2) is 11.6. The minimum absolute atomic E-state index is 0.134. The third-order valence-corrected chi connectivity index (χ3v) is 6.85. The van der Waals surface area contributed by atoms with Crippen LogP contribution >= 0.6 is 11.3 Å². The number of rotatable bonds is 10. The average Bonchev–Trinajstić information content (AvgIpc) is 3.22. The molecule has 35 heavy (non-hydrogen) atoms. The van der Waals surface area contributed by atoms with Crippen LogP contribution in [0, 0.1) is 6.92 Å². The van der Waals surface area contributed by atoms with Crippen molar-refractivity contribution >= 4 is 33.4 Å². The summed E-state index contributed by atoms with van der Waals surface area (Å²) in [7, 11) is 0. The van der Waals surface area contributed by atoms with Crippen molar-refractivity contribution in [3.63, 3.8) is 0 Å². The zero-order valence-electron chi connectivity index (χ0n) is 19.6. The first-order valence-corrected chi connectivity index (χ1v) is 12.4. The van der Waals surface area contributed by atoms with E-state index >= 15 is 0 Å². The molecule has 186 valence electrons. The van der Waals surface area contributed by atoms with Crippen LogP contribution in [-0.2, 0) is 9.59 Å². The van der Waals surface area contributed by atoms with Crippen molar-refractivity contribution < 1.29 is 24.5 Å². The van der Waals surface area contributed by atoms with Gasteiger partial charge in [0.15, 0.2) is 6.04 Å². The summed E-state index contributed by atoms with van der Waals surface area (Å²) >= 11 is 1.64. The lowest BCUT2D eigenvalue weighted by Crippen LogP contribution is -2.51. The number of amides is 1. The van der Waals surface area contributed by atoms with Crippen LogP contribution in [0.2, 0.25) is 0 Å². The summed E-state index contributed by atoms with van der Waals surface area (Å²) in [5, 5.41) is 23.6. The van der Waals surface area contributed by atoms with Crippen LogP contribution < -0.4 is 10.1 Å². The largest absolute Gasteiger partial charge is 0.491 e. The maximum atomic E-state index is 12.5. The van der Waals surface area contributed by atoms with Gasteiger partial charge in [0.2, 0.25) is 5.91 Å². The van der Waals surface area contributed by atoms with Crippen molar-refractivity contribution in [2.45, 2.75) is 19.1 Å².